The molecular weight excluding hydrogens is 202 g/mol. The van der Waals surface area contributed by atoms with Gasteiger partial charge in [-0.1, -0.05) is 0 Å². The lowest BCUT2D eigenvalue weighted by Crippen LogP contribution is -2.37. The van der Waals surface area contributed by atoms with Crippen LogP contribution in [0.2, 0.25) is 0 Å². The summed E-state index contributed by atoms with van der Waals surface area (Å²) < 4.78 is 5.16. The molecule has 1 N–H and O–H groups in total. The van der Waals surface area contributed by atoms with Gasteiger partial charge in [0.15, 0.2) is 0 Å². The number of alkyl halides is 1. The van der Waals surface area contributed by atoms with Crippen LogP contribution in [0.25, 0.3) is 0 Å². The molecule has 1 aromatic heterocycles. The lowest BCUT2D eigenvalue weighted by atomic mass is 10.2. The molecule has 0 aliphatic heterocycles. The molecule has 0 aliphatic carbocycles. The van der Waals surface area contributed by atoms with Crippen molar-refractivity contribution in [3.05, 3.63) is 24.2 Å². The van der Waals surface area contributed by atoms with Crippen molar-refractivity contribution in [1.82, 2.24) is 5.32 Å². The molecule has 2 unspecified atom stereocenters. The number of carbonyl (C=O) groups is 1. The van der Waals surface area contributed by atoms with Gasteiger partial charge < -0.3 is 9.73 Å². The Morgan fingerprint density at radius 2 is 2.36 bits per heavy atom. The summed E-state index contributed by atoms with van der Waals surface area (Å²) in [7, 11) is 0. The zero-order chi connectivity index (χ0) is 10.6. The third kappa shape index (κ3) is 3.42. The van der Waals surface area contributed by atoms with Gasteiger partial charge in [0, 0.05) is 12.5 Å². The van der Waals surface area contributed by atoms with Crippen molar-refractivity contribution in [2.75, 3.05) is 0 Å². The summed E-state index contributed by atoms with van der Waals surface area (Å²) in [6.07, 6.45) is 2.30. The number of furan rings is 1. The van der Waals surface area contributed by atoms with Crippen molar-refractivity contribution in [3.8, 4) is 0 Å². The monoisotopic (exact) mass is 215 g/mol. The molecule has 0 saturated heterocycles. The minimum Gasteiger partial charge on any atom is -0.469 e. The van der Waals surface area contributed by atoms with E-state index in [-0.39, 0.29) is 11.9 Å². The number of hydrogen-bond acceptors (Lipinski definition) is 2. The first-order valence-electron chi connectivity index (χ1n) is 4.56. The van der Waals surface area contributed by atoms with Gasteiger partial charge in [-0.3, -0.25) is 4.79 Å². The number of rotatable bonds is 4. The highest BCUT2D eigenvalue weighted by molar-refractivity contribution is 6.30. The molecule has 14 heavy (non-hydrogen) atoms. The molecule has 4 heteroatoms. The Hall–Kier alpha value is -0.960. The summed E-state index contributed by atoms with van der Waals surface area (Å²) in [4.78, 5) is 11.2. The SMILES string of the molecule is CC(Cc1ccco1)NC(=O)C(C)Cl. The zero-order valence-electron chi connectivity index (χ0n) is 8.29. The van der Waals surface area contributed by atoms with Crippen LogP contribution in [0.3, 0.4) is 0 Å². The van der Waals surface area contributed by atoms with Crippen molar-refractivity contribution in [3.63, 3.8) is 0 Å². The zero-order valence-corrected chi connectivity index (χ0v) is 9.04. The third-order valence-corrected chi connectivity index (χ3v) is 2.04. The highest BCUT2D eigenvalue weighted by Crippen LogP contribution is 2.04. The number of amides is 1. The maximum atomic E-state index is 11.2. The van der Waals surface area contributed by atoms with Gasteiger partial charge >= 0.3 is 0 Å². The minimum absolute atomic E-state index is 0.0369. The van der Waals surface area contributed by atoms with Crippen molar-refractivity contribution in [2.45, 2.75) is 31.7 Å². The summed E-state index contributed by atoms with van der Waals surface area (Å²) in [6.45, 7) is 3.57. The highest BCUT2D eigenvalue weighted by atomic mass is 35.5. The lowest BCUT2D eigenvalue weighted by Gasteiger charge is -2.13. The van der Waals surface area contributed by atoms with Crippen molar-refractivity contribution < 1.29 is 9.21 Å². The number of nitrogens with one attached hydrogen (secondary N) is 1. The van der Waals surface area contributed by atoms with Gasteiger partial charge in [0.2, 0.25) is 5.91 Å². The lowest BCUT2D eigenvalue weighted by molar-refractivity contribution is -0.121. The summed E-state index contributed by atoms with van der Waals surface area (Å²) in [5.41, 5.74) is 0. The fourth-order valence-electron chi connectivity index (χ4n) is 1.14. The molecule has 0 saturated carbocycles. The third-order valence-electron chi connectivity index (χ3n) is 1.84. The number of hydrogen-bond donors (Lipinski definition) is 1. The Labute approximate surface area is 88.4 Å². The van der Waals surface area contributed by atoms with Gasteiger partial charge in [0.25, 0.3) is 0 Å². The maximum Gasteiger partial charge on any atom is 0.237 e. The Morgan fingerprint density at radius 1 is 1.64 bits per heavy atom. The van der Waals surface area contributed by atoms with Gasteiger partial charge in [0.05, 0.1) is 6.26 Å². The van der Waals surface area contributed by atoms with Crippen molar-refractivity contribution in [2.24, 2.45) is 0 Å². The Morgan fingerprint density at radius 3 is 2.86 bits per heavy atom. The van der Waals surface area contributed by atoms with Crippen molar-refractivity contribution >= 4 is 17.5 Å². The van der Waals surface area contributed by atoms with Crippen LogP contribution in [-0.4, -0.2) is 17.3 Å². The van der Waals surface area contributed by atoms with Crippen LogP contribution in [0.15, 0.2) is 22.8 Å². The average Bonchev–Trinajstić information content (AvgIpc) is 2.56. The molecule has 78 valence electrons. The van der Waals surface area contributed by atoms with E-state index >= 15 is 0 Å². The molecule has 1 aromatic rings. The van der Waals surface area contributed by atoms with Gasteiger partial charge in [-0.15, -0.1) is 11.6 Å². The second kappa shape index (κ2) is 5.05. The second-order valence-corrected chi connectivity index (χ2v) is 3.96. The van der Waals surface area contributed by atoms with Crippen LogP contribution in [0, 0.1) is 0 Å². The number of carbonyl (C=O) groups excluding carboxylic acids is 1. The maximum absolute atomic E-state index is 11.2. The van der Waals surface area contributed by atoms with Crippen LogP contribution in [-0.2, 0) is 11.2 Å². The van der Waals surface area contributed by atoms with E-state index in [1.807, 2.05) is 19.1 Å². The van der Waals surface area contributed by atoms with E-state index in [1.54, 1.807) is 13.2 Å². The van der Waals surface area contributed by atoms with Crippen LogP contribution in [0.1, 0.15) is 19.6 Å². The van der Waals surface area contributed by atoms with Gasteiger partial charge in [-0.2, -0.15) is 0 Å². The quantitative estimate of drug-likeness (QED) is 0.781. The van der Waals surface area contributed by atoms with Crippen molar-refractivity contribution in [1.29, 1.82) is 0 Å². The van der Waals surface area contributed by atoms with Crippen LogP contribution < -0.4 is 5.32 Å². The molecule has 0 fully saturated rings. The van der Waals surface area contributed by atoms with E-state index in [0.29, 0.717) is 6.42 Å². The molecule has 2 atom stereocenters. The molecule has 1 heterocycles. The van der Waals surface area contributed by atoms with E-state index in [9.17, 15) is 4.79 Å². The van der Waals surface area contributed by atoms with E-state index in [2.05, 4.69) is 5.32 Å². The summed E-state index contributed by atoms with van der Waals surface area (Å²) >= 11 is 5.62. The Bertz CT molecular complexity index is 282. The first kappa shape index (κ1) is 11.1. The smallest absolute Gasteiger partial charge is 0.237 e. The minimum atomic E-state index is -0.492. The largest absolute Gasteiger partial charge is 0.469 e. The van der Waals surface area contributed by atoms with E-state index < -0.39 is 5.38 Å². The molecule has 0 spiro atoms. The standard InChI is InChI=1S/C10H14ClNO2/c1-7(12-10(13)8(2)11)6-9-4-3-5-14-9/h3-5,7-8H,6H2,1-2H3,(H,12,13). The first-order valence-corrected chi connectivity index (χ1v) is 5.00. The molecular formula is C10H14ClNO2. The molecule has 1 rings (SSSR count). The molecule has 0 bridgehead atoms. The topological polar surface area (TPSA) is 42.2 Å². The van der Waals surface area contributed by atoms with Crippen LogP contribution in [0.5, 0.6) is 0 Å². The summed E-state index contributed by atoms with van der Waals surface area (Å²) in [5.74, 6) is 0.714. The normalized spacial score (nSPS) is 14.8. The highest BCUT2D eigenvalue weighted by Gasteiger charge is 2.13. The average molecular weight is 216 g/mol. The first-order chi connectivity index (χ1) is 6.59. The van der Waals surface area contributed by atoms with Gasteiger partial charge in [0.1, 0.15) is 11.1 Å². The summed E-state index contributed by atoms with van der Waals surface area (Å²) in [5, 5.41) is 2.30. The Kier molecular flexibility index (Phi) is 4.01. The van der Waals surface area contributed by atoms with Crippen LogP contribution in [0.4, 0.5) is 0 Å². The van der Waals surface area contributed by atoms with Crippen LogP contribution >= 0.6 is 11.6 Å². The fourth-order valence-corrected chi connectivity index (χ4v) is 1.20. The fraction of sp³-hybridized carbons (Fsp3) is 0.500. The number of halogens is 1. The molecule has 0 aliphatic rings. The van der Waals surface area contributed by atoms with E-state index in [0.717, 1.165) is 5.76 Å². The molecule has 1 amide bonds. The van der Waals surface area contributed by atoms with Gasteiger partial charge in [-0.25, -0.2) is 0 Å². The predicted octanol–water partition coefficient (Wildman–Crippen LogP) is 1.95. The Balaban J connectivity index is 2.36. The molecule has 0 aromatic carbocycles. The predicted molar refractivity (Wildman–Crippen MR) is 55.3 cm³/mol. The van der Waals surface area contributed by atoms with E-state index in [4.69, 9.17) is 16.0 Å². The molecule has 0 radical (unpaired) electrons. The molecule has 3 nitrogen and oxygen atoms in total. The van der Waals surface area contributed by atoms with Gasteiger partial charge in [-0.05, 0) is 26.0 Å². The second-order valence-electron chi connectivity index (χ2n) is 3.31. The van der Waals surface area contributed by atoms with E-state index in [1.165, 1.54) is 0 Å². The summed E-state index contributed by atoms with van der Waals surface area (Å²) in [6, 6.07) is 3.75.